The van der Waals surface area contributed by atoms with Crippen LogP contribution in [-0.2, 0) is 9.59 Å². The summed E-state index contributed by atoms with van der Waals surface area (Å²) in [6, 6.07) is 0. The Morgan fingerprint density at radius 1 is 1.18 bits per heavy atom. The van der Waals surface area contributed by atoms with Gasteiger partial charge in [0.2, 0.25) is 5.91 Å². The number of hydrogen-bond acceptors (Lipinski definition) is 3. The zero-order valence-corrected chi connectivity index (χ0v) is 11.2. The molecule has 0 fully saturated rings. The number of carbonyl (C=O) groups is 2. The lowest BCUT2D eigenvalue weighted by molar-refractivity contribution is -0.146. The third-order valence-corrected chi connectivity index (χ3v) is 2.88. The molecule has 0 aromatic rings. The van der Waals surface area contributed by atoms with Crippen LogP contribution in [0.15, 0.2) is 0 Å². The van der Waals surface area contributed by atoms with Gasteiger partial charge >= 0.3 is 5.97 Å². The molecule has 0 heterocycles. The van der Waals surface area contributed by atoms with Gasteiger partial charge in [0.05, 0.1) is 5.92 Å². The van der Waals surface area contributed by atoms with Crippen LogP contribution in [0.1, 0.15) is 26.7 Å². The summed E-state index contributed by atoms with van der Waals surface area (Å²) in [6.45, 7) is 4.81. The number of nitrogens with one attached hydrogen (secondary N) is 1. The van der Waals surface area contributed by atoms with Gasteiger partial charge in [0.25, 0.3) is 0 Å². The van der Waals surface area contributed by atoms with Crippen molar-refractivity contribution in [3.05, 3.63) is 0 Å². The Kier molecular flexibility index (Phi) is 7.54. The van der Waals surface area contributed by atoms with E-state index in [4.69, 9.17) is 5.11 Å². The monoisotopic (exact) mass is 244 g/mol. The van der Waals surface area contributed by atoms with E-state index in [9.17, 15) is 9.59 Å². The summed E-state index contributed by atoms with van der Waals surface area (Å²) in [7, 11) is 4.02. The second kappa shape index (κ2) is 8.06. The number of carbonyl (C=O) groups excluding carboxylic acids is 1. The van der Waals surface area contributed by atoms with Crippen LogP contribution in [0.4, 0.5) is 0 Å². The predicted octanol–water partition coefficient (Wildman–Crippen LogP) is 0.801. The summed E-state index contributed by atoms with van der Waals surface area (Å²) in [5.74, 6) is -2.23. The molecule has 0 aliphatic carbocycles. The number of aliphatic carboxylic acids is 1. The average Bonchev–Trinajstić information content (AvgIpc) is 2.25. The van der Waals surface area contributed by atoms with Gasteiger partial charge in [-0.3, -0.25) is 9.59 Å². The van der Waals surface area contributed by atoms with Crippen LogP contribution in [-0.4, -0.2) is 49.1 Å². The first kappa shape index (κ1) is 15.9. The third kappa shape index (κ3) is 6.94. The van der Waals surface area contributed by atoms with Gasteiger partial charge in [-0.15, -0.1) is 0 Å². The molecule has 2 N–H and O–H groups in total. The zero-order chi connectivity index (χ0) is 13.4. The molecular weight excluding hydrogens is 220 g/mol. The number of rotatable bonds is 8. The van der Waals surface area contributed by atoms with Crippen LogP contribution < -0.4 is 5.32 Å². The smallest absolute Gasteiger partial charge is 0.307 e. The fourth-order valence-corrected chi connectivity index (χ4v) is 1.37. The maximum absolute atomic E-state index is 11.6. The van der Waals surface area contributed by atoms with Crippen LogP contribution in [0.5, 0.6) is 0 Å². The van der Waals surface area contributed by atoms with Gasteiger partial charge in [-0.25, -0.2) is 0 Å². The minimum atomic E-state index is -0.930. The Bertz CT molecular complexity index is 254. The molecule has 0 radical (unpaired) electrons. The van der Waals surface area contributed by atoms with Crippen LogP contribution in [0.2, 0.25) is 0 Å². The normalized spacial score (nSPS) is 14.4. The summed E-state index contributed by atoms with van der Waals surface area (Å²) < 4.78 is 0. The maximum Gasteiger partial charge on any atom is 0.307 e. The Morgan fingerprint density at radius 2 is 1.76 bits per heavy atom. The average molecular weight is 244 g/mol. The Hall–Kier alpha value is -1.10. The lowest BCUT2D eigenvalue weighted by atomic mass is 9.95. The molecule has 100 valence electrons. The molecule has 0 aliphatic rings. The molecule has 2 unspecified atom stereocenters. The number of amides is 1. The van der Waals surface area contributed by atoms with Crippen molar-refractivity contribution in [2.45, 2.75) is 26.7 Å². The summed E-state index contributed by atoms with van der Waals surface area (Å²) in [4.78, 5) is 24.4. The van der Waals surface area contributed by atoms with E-state index in [2.05, 4.69) is 10.2 Å². The molecule has 1 amide bonds. The summed E-state index contributed by atoms with van der Waals surface area (Å²) >= 11 is 0. The minimum Gasteiger partial charge on any atom is -0.481 e. The van der Waals surface area contributed by atoms with E-state index >= 15 is 0 Å². The van der Waals surface area contributed by atoms with Crippen LogP contribution in [0.3, 0.4) is 0 Å². The summed E-state index contributed by atoms with van der Waals surface area (Å²) in [5.41, 5.74) is 0. The predicted molar refractivity (Wildman–Crippen MR) is 66.8 cm³/mol. The number of hydrogen-bond donors (Lipinski definition) is 2. The van der Waals surface area contributed by atoms with Crippen molar-refractivity contribution in [3.8, 4) is 0 Å². The van der Waals surface area contributed by atoms with Crippen molar-refractivity contribution in [1.29, 1.82) is 0 Å². The van der Waals surface area contributed by atoms with Gasteiger partial charge in [0.1, 0.15) is 0 Å². The molecule has 0 aromatic heterocycles. The topological polar surface area (TPSA) is 69.6 Å². The molecule has 2 atom stereocenters. The highest BCUT2D eigenvalue weighted by Crippen LogP contribution is 2.10. The van der Waals surface area contributed by atoms with Gasteiger partial charge in [-0.1, -0.05) is 13.8 Å². The quantitative estimate of drug-likeness (QED) is 0.620. The van der Waals surface area contributed by atoms with Crippen molar-refractivity contribution in [2.24, 2.45) is 11.8 Å². The molecule has 5 nitrogen and oxygen atoms in total. The molecule has 0 aliphatic heterocycles. The van der Waals surface area contributed by atoms with Crippen molar-refractivity contribution in [1.82, 2.24) is 10.2 Å². The van der Waals surface area contributed by atoms with E-state index in [1.54, 1.807) is 13.8 Å². The maximum atomic E-state index is 11.6. The van der Waals surface area contributed by atoms with E-state index in [0.29, 0.717) is 6.54 Å². The third-order valence-electron chi connectivity index (χ3n) is 2.88. The van der Waals surface area contributed by atoms with Crippen LogP contribution in [0.25, 0.3) is 0 Å². The van der Waals surface area contributed by atoms with E-state index < -0.39 is 17.8 Å². The first-order valence-corrected chi connectivity index (χ1v) is 6.01. The number of carboxylic acids is 1. The second-order valence-corrected chi connectivity index (χ2v) is 4.72. The lowest BCUT2D eigenvalue weighted by Crippen LogP contribution is -2.35. The number of unbranched alkanes of at least 4 members (excludes halogenated alkanes) is 1. The van der Waals surface area contributed by atoms with Gasteiger partial charge in [-0.2, -0.15) is 0 Å². The Labute approximate surface area is 103 Å². The van der Waals surface area contributed by atoms with Gasteiger partial charge in [0, 0.05) is 12.5 Å². The first-order valence-electron chi connectivity index (χ1n) is 6.01. The van der Waals surface area contributed by atoms with Crippen molar-refractivity contribution < 1.29 is 14.7 Å². The van der Waals surface area contributed by atoms with Gasteiger partial charge in [0.15, 0.2) is 0 Å². The van der Waals surface area contributed by atoms with Crippen LogP contribution in [0, 0.1) is 11.8 Å². The fraction of sp³-hybridized carbons (Fsp3) is 0.833. The van der Waals surface area contributed by atoms with E-state index in [-0.39, 0.29) is 5.91 Å². The van der Waals surface area contributed by atoms with E-state index in [1.165, 1.54) is 0 Å². The molecule has 17 heavy (non-hydrogen) atoms. The molecule has 0 bridgehead atoms. The summed E-state index contributed by atoms with van der Waals surface area (Å²) in [6.07, 6.45) is 1.94. The van der Waals surface area contributed by atoms with Crippen molar-refractivity contribution >= 4 is 11.9 Å². The Balaban J connectivity index is 3.75. The van der Waals surface area contributed by atoms with Crippen molar-refractivity contribution in [3.63, 3.8) is 0 Å². The standard InChI is InChI=1S/C12H24N2O3/c1-9(10(2)12(16)17)11(15)13-7-5-6-8-14(3)4/h9-10H,5-8H2,1-4H3,(H,13,15)(H,16,17). The van der Waals surface area contributed by atoms with E-state index in [1.807, 2.05) is 14.1 Å². The SMILES string of the molecule is CC(C(=O)O)C(C)C(=O)NCCCCN(C)C. The van der Waals surface area contributed by atoms with Gasteiger partial charge < -0.3 is 15.3 Å². The molecule has 0 saturated heterocycles. The zero-order valence-electron chi connectivity index (χ0n) is 11.2. The number of carboxylic acid groups (broad SMARTS) is 1. The molecule has 0 aromatic carbocycles. The molecule has 0 saturated carbocycles. The van der Waals surface area contributed by atoms with Crippen LogP contribution >= 0.6 is 0 Å². The second-order valence-electron chi connectivity index (χ2n) is 4.72. The van der Waals surface area contributed by atoms with Gasteiger partial charge in [-0.05, 0) is 33.5 Å². The highest BCUT2D eigenvalue weighted by molar-refractivity contribution is 5.84. The number of nitrogens with zero attached hydrogens (tertiary/aromatic N) is 1. The van der Waals surface area contributed by atoms with E-state index in [0.717, 1.165) is 19.4 Å². The molecule has 0 spiro atoms. The largest absolute Gasteiger partial charge is 0.481 e. The molecular formula is C12H24N2O3. The fourth-order valence-electron chi connectivity index (χ4n) is 1.37. The Morgan fingerprint density at radius 3 is 2.24 bits per heavy atom. The van der Waals surface area contributed by atoms with Crippen molar-refractivity contribution in [2.75, 3.05) is 27.2 Å². The highest BCUT2D eigenvalue weighted by atomic mass is 16.4. The minimum absolute atomic E-state index is 0.176. The summed E-state index contributed by atoms with van der Waals surface area (Å²) in [5, 5.41) is 11.6. The highest BCUT2D eigenvalue weighted by Gasteiger charge is 2.25. The lowest BCUT2D eigenvalue weighted by Gasteiger charge is -2.16. The molecule has 5 heteroatoms. The molecule has 0 rings (SSSR count). The first-order chi connectivity index (χ1) is 7.86.